The van der Waals surface area contributed by atoms with E-state index < -0.39 is 0 Å². The number of halogens is 2. The van der Waals surface area contributed by atoms with Gasteiger partial charge in [-0.2, -0.15) is 0 Å². The lowest BCUT2D eigenvalue weighted by Gasteiger charge is -2.07. The molecule has 3 rings (SSSR count). The molecule has 7 heteroatoms. The molecule has 1 amide bonds. The number of carbonyl (C=O) groups excluding carboxylic acids is 1. The lowest BCUT2D eigenvalue weighted by atomic mass is 10.1. The first-order valence-corrected chi connectivity index (χ1v) is 8.36. The second kappa shape index (κ2) is 8.40. The Labute approximate surface area is 155 Å². The van der Waals surface area contributed by atoms with E-state index >= 15 is 0 Å². The summed E-state index contributed by atoms with van der Waals surface area (Å²) in [5.41, 5.74) is 1.54. The van der Waals surface area contributed by atoms with Crippen LogP contribution in [-0.2, 0) is 6.42 Å². The Morgan fingerprint density at radius 2 is 1.85 bits per heavy atom. The van der Waals surface area contributed by atoms with Crippen molar-refractivity contribution in [1.82, 2.24) is 9.97 Å². The number of aromatic nitrogens is 2. The largest absolute Gasteiger partial charge is 0.354 e. The Kier molecular flexibility index (Phi) is 5.76. The van der Waals surface area contributed by atoms with Crippen molar-refractivity contribution in [3.8, 4) is 0 Å². The third kappa shape index (κ3) is 4.77. The van der Waals surface area contributed by atoms with Crippen LogP contribution in [-0.4, -0.2) is 22.4 Å². The quantitative estimate of drug-likeness (QED) is 0.683. The molecule has 0 bridgehead atoms. The summed E-state index contributed by atoms with van der Waals surface area (Å²) in [6.45, 7) is 0.481. The maximum Gasteiger partial charge on any atom is 0.258 e. The Bertz CT molecular complexity index is 902. The van der Waals surface area contributed by atoms with Crippen molar-refractivity contribution in [1.29, 1.82) is 0 Å². The fourth-order valence-corrected chi connectivity index (χ4v) is 2.51. The van der Waals surface area contributed by atoms with Gasteiger partial charge in [0.15, 0.2) is 0 Å². The van der Waals surface area contributed by atoms with Crippen molar-refractivity contribution in [3.05, 3.63) is 82.9 Å². The zero-order valence-electron chi connectivity index (χ0n) is 13.7. The molecule has 0 unspecified atom stereocenters. The summed E-state index contributed by atoms with van der Waals surface area (Å²) in [7, 11) is 0. The summed E-state index contributed by atoms with van der Waals surface area (Å²) in [5, 5.41) is 6.27. The highest BCUT2D eigenvalue weighted by Crippen LogP contribution is 2.16. The van der Waals surface area contributed by atoms with Crippen molar-refractivity contribution in [2.45, 2.75) is 6.42 Å². The van der Waals surface area contributed by atoms with Gasteiger partial charge in [-0.3, -0.25) is 4.79 Å². The molecule has 0 fully saturated rings. The molecule has 0 saturated heterocycles. The number of rotatable bonds is 6. The fraction of sp³-hybridized carbons (Fsp3) is 0.105. The van der Waals surface area contributed by atoms with Crippen LogP contribution in [0.2, 0.25) is 5.02 Å². The molecule has 0 radical (unpaired) electrons. The number of nitrogens with one attached hydrogen (secondary N) is 2. The zero-order valence-corrected chi connectivity index (χ0v) is 14.5. The minimum atomic E-state index is -0.329. The van der Waals surface area contributed by atoms with Crippen LogP contribution in [0.1, 0.15) is 15.9 Å². The molecular weight excluding hydrogens is 355 g/mol. The van der Waals surface area contributed by atoms with Crippen molar-refractivity contribution in [3.63, 3.8) is 0 Å². The Morgan fingerprint density at radius 3 is 2.58 bits per heavy atom. The van der Waals surface area contributed by atoms with Gasteiger partial charge in [0.05, 0.1) is 5.56 Å². The molecule has 132 valence electrons. The molecule has 0 aliphatic heterocycles. The molecule has 3 aromatic rings. The van der Waals surface area contributed by atoms with Gasteiger partial charge in [-0.05, 0) is 36.2 Å². The standard InChI is InChI=1S/C19H16ClFN4O/c20-15-5-3-6-16(10-15)25-18(26)14-11-23-19(24-12-14)22-9-8-13-4-1-2-7-17(13)21/h1-7,10-12H,8-9H2,(H,25,26)(H,22,23,24). The summed E-state index contributed by atoms with van der Waals surface area (Å²) >= 11 is 5.89. The topological polar surface area (TPSA) is 66.9 Å². The van der Waals surface area contributed by atoms with Crippen molar-refractivity contribution in [2.24, 2.45) is 0 Å². The van der Waals surface area contributed by atoms with Gasteiger partial charge in [-0.1, -0.05) is 35.9 Å². The third-order valence-corrected chi connectivity index (χ3v) is 3.87. The van der Waals surface area contributed by atoms with E-state index in [1.807, 2.05) is 0 Å². The van der Waals surface area contributed by atoms with Crippen LogP contribution < -0.4 is 10.6 Å². The van der Waals surface area contributed by atoms with Crippen LogP contribution in [0.3, 0.4) is 0 Å². The van der Waals surface area contributed by atoms with Gasteiger partial charge < -0.3 is 10.6 Å². The predicted molar refractivity (Wildman–Crippen MR) is 100 cm³/mol. The molecular formula is C19H16ClFN4O. The van der Waals surface area contributed by atoms with Crippen molar-refractivity contribution in [2.75, 3.05) is 17.2 Å². The smallest absolute Gasteiger partial charge is 0.258 e. The average Bonchev–Trinajstić information content (AvgIpc) is 2.64. The molecule has 1 aromatic heterocycles. The van der Waals surface area contributed by atoms with Gasteiger partial charge in [0.1, 0.15) is 5.82 Å². The maximum atomic E-state index is 13.5. The van der Waals surface area contributed by atoms with E-state index in [1.165, 1.54) is 18.5 Å². The van der Waals surface area contributed by atoms with Crippen LogP contribution in [0.4, 0.5) is 16.0 Å². The zero-order chi connectivity index (χ0) is 18.4. The monoisotopic (exact) mass is 370 g/mol. The van der Waals surface area contributed by atoms with E-state index in [0.29, 0.717) is 40.8 Å². The summed E-state index contributed by atoms with van der Waals surface area (Å²) in [4.78, 5) is 20.4. The average molecular weight is 371 g/mol. The molecule has 2 aromatic carbocycles. The molecule has 0 aliphatic carbocycles. The predicted octanol–water partition coefficient (Wildman–Crippen LogP) is 4.18. The molecule has 0 atom stereocenters. The van der Waals surface area contributed by atoms with Gasteiger partial charge in [0.25, 0.3) is 5.91 Å². The van der Waals surface area contributed by atoms with Crippen LogP contribution >= 0.6 is 11.6 Å². The van der Waals surface area contributed by atoms with Gasteiger partial charge in [-0.15, -0.1) is 0 Å². The van der Waals surface area contributed by atoms with E-state index in [0.717, 1.165) is 0 Å². The van der Waals surface area contributed by atoms with Crippen molar-refractivity contribution >= 4 is 29.1 Å². The number of hydrogen-bond donors (Lipinski definition) is 2. The Balaban J connectivity index is 1.54. The second-order valence-electron chi connectivity index (χ2n) is 5.53. The van der Waals surface area contributed by atoms with E-state index in [1.54, 1.807) is 42.5 Å². The van der Waals surface area contributed by atoms with E-state index in [4.69, 9.17) is 11.6 Å². The van der Waals surface area contributed by atoms with Gasteiger partial charge >= 0.3 is 0 Å². The number of benzene rings is 2. The van der Waals surface area contributed by atoms with E-state index in [-0.39, 0.29) is 11.7 Å². The number of anilines is 2. The normalized spacial score (nSPS) is 10.4. The lowest BCUT2D eigenvalue weighted by Crippen LogP contribution is -2.14. The number of amides is 1. The summed E-state index contributed by atoms with van der Waals surface area (Å²) in [6, 6.07) is 13.5. The van der Waals surface area contributed by atoms with Crippen molar-refractivity contribution < 1.29 is 9.18 Å². The second-order valence-corrected chi connectivity index (χ2v) is 5.96. The molecule has 2 N–H and O–H groups in total. The van der Waals surface area contributed by atoms with Gasteiger partial charge in [0, 0.05) is 29.6 Å². The SMILES string of the molecule is O=C(Nc1cccc(Cl)c1)c1cnc(NCCc2ccccc2F)nc1. The third-order valence-electron chi connectivity index (χ3n) is 3.63. The highest BCUT2D eigenvalue weighted by atomic mass is 35.5. The first-order valence-electron chi connectivity index (χ1n) is 7.98. The number of hydrogen-bond acceptors (Lipinski definition) is 4. The van der Waals surface area contributed by atoms with Crippen LogP contribution in [0.25, 0.3) is 0 Å². The van der Waals surface area contributed by atoms with Crippen LogP contribution in [0.15, 0.2) is 60.9 Å². The fourth-order valence-electron chi connectivity index (χ4n) is 2.32. The minimum absolute atomic E-state index is 0.233. The summed E-state index contributed by atoms with van der Waals surface area (Å²) < 4.78 is 13.5. The Morgan fingerprint density at radius 1 is 1.08 bits per heavy atom. The minimum Gasteiger partial charge on any atom is -0.354 e. The molecule has 1 heterocycles. The van der Waals surface area contributed by atoms with E-state index in [2.05, 4.69) is 20.6 Å². The number of nitrogens with zero attached hydrogens (tertiary/aromatic N) is 2. The first kappa shape index (κ1) is 17.8. The van der Waals surface area contributed by atoms with E-state index in [9.17, 15) is 9.18 Å². The highest BCUT2D eigenvalue weighted by molar-refractivity contribution is 6.30. The Hall–Kier alpha value is -2.99. The molecule has 5 nitrogen and oxygen atoms in total. The first-order chi connectivity index (χ1) is 12.6. The number of carbonyl (C=O) groups is 1. The maximum absolute atomic E-state index is 13.5. The van der Waals surface area contributed by atoms with Crippen LogP contribution in [0.5, 0.6) is 0 Å². The highest BCUT2D eigenvalue weighted by Gasteiger charge is 2.08. The molecule has 0 aliphatic rings. The molecule has 0 saturated carbocycles. The lowest BCUT2D eigenvalue weighted by molar-refractivity contribution is 0.102. The van der Waals surface area contributed by atoms with Gasteiger partial charge in [-0.25, -0.2) is 14.4 Å². The van der Waals surface area contributed by atoms with Crippen LogP contribution in [0, 0.1) is 5.82 Å². The molecule has 26 heavy (non-hydrogen) atoms. The summed E-state index contributed by atoms with van der Waals surface area (Å²) in [6.07, 6.45) is 3.36. The summed E-state index contributed by atoms with van der Waals surface area (Å²) in [5.74, 6) is -0.186. The van der Waals surface area contributed by atoms with Gasteiger partial charge in [0.2, 0.25) is 5.95 Å². The molecule has 0 spiro atoms.